The zero-order chi connectivity index (χ0) is 36.5. The van der Waals surface area contributed by atoms with Crippen molar-refractivity contribution < 1.29 is 17.1 Å². The van der Waals surface area contributed by atoms with Crippen LogP contribution in [-0.2, 0) is 22.5 Å². The van der Waals surface area contributed by atoms with Gasteiger partial charge in [-0.15, -0.1) is 0 Å². The fourth-order valence-electron chi connectivity index (χ4n) is 6.55. The molecule has 0 bridgehead atoms. The fourth-order valence-corrected chi connectivity index (χ4v) is 14.2. The predicted molar refractivity (Wildman–Crippen MR) is 239 cm³/mol. The second kappa shape index (κ2) is 18.9. The van der Waals surface area contributed by atoms with E-state index >= 15 is 0 Å². The van der Waals surface area contributed by atoms with Crippen LogP contribution < -0.4 is 47.7 Å². The molecule has 0 nitrogen and oxygen atoms in total. The van der Waals surface area contributed by atoms with Crippen molar-refractivity contribution in [2.45, 2.75) is 26.2 Å². The minimum absolute atomic E-state index is 0. The number of rotatable bonds is 9. The Morgan fingerprint density at radius 2 is 0.648 bits per heavy atom. The summed E-state index contributed by atoms with van der Waals surface area (Å²) in [4.78, 5) is 0. The average molecular weight is 795 g/mol. The van der Waals surface area contributed by atoms with Crippen LogP contribution in [0.1, 0.15) is 26.3 Å². The smallest absolute Gasteiger partial charge is 0.206 e. The van der Waals surface area contributed by atoms with Crippen molar-refractivity contribution >= 4 is 71.5 Å². The fraction of sp³-hybridized carbons (Fsp3) is 0.0800. The van der Waals surface area contributed by atoms with Crippen molar-refractivity contribution in [2.75, 3.05) is 0 Å². The monoisotopic (exact) mass is 794 g/mol. The van der Waals surface area contributed by atoms with E-state index in [-0.39, 0.29) is 22.5 Å². The van der Waals surface area contributed by atoms with Gasteiger partial charge in [0.05, 0.1) is 0 Å². The molecule has 0 radical (unpaired) electrons. The van der Waals surface area contributed by atoms with E-state index in [9.17, 15) is 0 Å². The van der Waals surface area contributed by atoms with E-state index in [2.05, 4.69) is 239 Å². The first-order valence-corrected chi connectivity index (χ1v) is 22.2. The standard InChI is InChI=1S/C33H31P2.C17H14P.Fe/c1-33(2,3)26-24-31(34(27-16-8-4-9-17-27)28-18-10-5-11-19-28)32(25-26)35(29-20-12-6-13-21-29)30-22-14-7-15-23-30;1-3-9-15(10-4-1)18(17-13-7-8-14-17)16-11-5-2-6-12-16;/h4-25H,1-3H3;1-14H;/q2*-1;+2. The Hall–Kier alpha value is -4.17. The number of hydrogen-bond acceptors (Lipinski definition) is 0. The third kappa shape index (κ3) is 9.54. The third-order valence-electron chi connectivity index (χ3n) is 9.18. The minimum Gasteiger partial charge on any atom is -0.206 e. The van der Waals surface area contributed by atoms with Gasteiger partial charge in [0.2, 0.25) is 0 Å². The zero-order valence-electron chi connectivity index (χ0n) is 31.0. The second-order valence-corrected chi connectivity index (χ2v) is 20.5. The van der Waals surface area contributed by atoms with Gasteiger partial charge in [-0.3, -0.25) is 0 Å². The van der Waals surface area contributed by atoms with Crippen molar-refractivity contribution in [1.29, 1.82) is 0 Å². The van der Waals surface area contributed by atoms with Crippen molar-refractivity contribution in [2.24, 2.45) is 0 Å². The first-order valence-electron chi connectivity index (χ1n) is 18.2. The number of hydrogen-bond donors (Lipinski definition) is 0. The molecule has 0 spiro atoms. The maximum absolute atomic E-state index is 2.52. The van der Waals surface area contributed by atoms with Gasteiger partial charge >= 0.3 is 17.1 Å². The summed E-state index contributed by atoms with van der Waals surface area (Å²) in [7, 11) is -1.79. The van der Waals surface area contributed by atoms with Gasteiger partial charge in [0.25, 0.3) is 0 Å². The Morgan fingerprint density at radius 1 is 0.370 bits per heavy atom. The minimum atomic E-state index is -0.690. The Kier molecular flexibility index (Phi) is 13.8. The molecule has 0 aromatic heterocycles. The molecule has 0 amide bonds. The molecule has 0 saturated heterocycles. The topological polar surface area (TPSA) is 0 Å². The summed E-state index contributed by atoms with van der Waals surface area (Å²) in [6.45, 7) is 6.99. The van der Waals surface area contributed by atoms with Gasteiger partial charge < -0.3 is 0 Å². The number of benzene rings is 6. The Labute approximate surface area is 336 Å². The first kappa shape index (κ1) is 39.5. The molecule has 0 aliphatic rings. The molecule has 0 unspecified atom stereocenters. The predicted octanol–water partition coefficient (Wildman–Crippen LogP) is 9.38. The van der Waals surface area contributed by atoms with Gasteiger partial charge in [0.15, 0.2) is 0 Å². The summed E-state index contributed by atoms with van der Waals surface area (Å²) in [6.07, 6.45) is 0. The van der Waals surface area contributed by atoms with Gasteiger partial charge in [-0.25, -0.2) is 6.07 Å². The van der Waals surface area contributed by atoms with Crippen LogP contribution in [0, 0.1) is 0 Å². The molecule has 8 aromatic rings. The van der Waals surface area contributed by atoms with E-state index in [0.717, 1.165) is 0 Å². The van der Waals surface area contributed by atoms with Crippen molar-refractivity contribution in [1.82, 2.24) is 0 Å². The maximum Gasteiger partial charge on any atom is 2.00 e. The molecule has 0 fully saturated rings. The molecule has 4 heteroatoms. The molecule has 0 aliphatic carbocycles. The van der Waals surface area contributed by atoms with E-state index in [0.29, 0.717) is 0 Å². The molecular formula is C50H45FeP3. The Balaban J connectivity index is 0.000000220. The summed E-state index contributed by atoms with van der Waals surface area (Å²) in [5.74, 6) is 0. The summed E-state index contributed by atoms with van der Waals surface area (Å²) in [6, 6.07) is 79.6. The van der Waals surface area contributed by atoms with Crippen molar-refractivity contribution in [3.8, 4) is 0 Å². The maximum atomic E-state index is 2.52. The van der Waals surface area contributed by atoms with Gasteiger partial charge in [-0.05, 0) is 31.8 Å². The summed E-state index contributed by atoms with van der Waals surface area (Å²) in [5.41, 5.74) is 1.50. The average Bonchev–Trinajstić information content (AvgIpc) is 3.90. The van der Waals surface area contributed by atoms with Crippen LogP contribution in [0.15, 0.2) is 218 Å². The van der Waals surface area contributed by atoms with Crippen molar-refractivity contribution in [3.63, 3.8) is 0 Å². The van der Waals surface area contributed by atoms with Crippen LogP contribution in [-0.4, -0.2) is 0 Å². The van der Waals surface area contributed by atoms with Gasteiger partial charge in [-0.2, -0.15) is 51.8 Å². The summed E-state index contributed by atoms with van der Waals surface area (Å²) < 4.78 is 0. The Bertz CT molecular complexity index is 2030. The van der Waals surface area contributed by atoms with Crippen molar-refractivity contribution in [3.05, 3.63) is 224 Å². The molecule has 8 rings (SSSR count). The van der Waals surface area contributed by atoms with Crippen LogP contribution in [0.3, 0.4) is 0 Å². The normalized spacial score (nSPS) is 11.2. The van der Waals surface area contributed by atoms with Gasteiger partial charge in [0, 0.05) is 0 Å². The molecule has 8 aromatic carbocycles. The first-order chi connectivity index (χ1) is 26.0. The molecule has 0 heterocycles. The molecule has 0 aliphatic heterocycles. The van der Waals surface area contributed by atoms with Gasteiger partial charge in [0.1, 0.15) is 0 Å². The second-order valence-electron chi connectivity index (χ2n) is 13.9. The SMILES string of the molecule is CC(C)(C)[c-]1cc(P(c2ccccc2)c2ccccc2)c(P(c2ccccc2)c2ccccc2)c1.[Fe+2].c1ccc(P(c2ccccc2)c2cc[cH-]c2)cc1. The molecule has 0 saturated carbocycles. The molecule has 54 heavy (non-hydrogen) atoms. The molecular weight excluding hydrogens is 749 g/mol. The van der Waals surface area contributed by atoms with Crippen LogP contribution in [0.4, 0.5) is 0 Å². The quantitative estimate of drug-likeness (QED) is 0.0777. The van der Waals surface area contributed by atoms with Crippen LogP contribution >= 0.6 is 23.8 Å². The molecule has 268 valence electrons. The summed E-state index contributed by atoms with van der Waals surface area (Å²) in [5, 5.41) is 12.8. The van der Waals surface area contributed by atoms with E-state index in [1.807, 2.05) is 0 Å². The van der Waals surface area contributed by atoms with Crippen LogP contribution in [0.2, 0.25) is 0 Å². The molecule has 0 N–H and O–H groups in total. The van der Waals surface area contributed by atoms with E-state index in [1.54, 1.807) is 0 Å². The van der Waals surface area contributed by atoms with Crippen LogP contribution in [0.25, 0.3) is 0 Å². The third-order valence-corrected chi connectivity index (χ3v) is 16.8. The van der Waals surface area contributed by atoms with E-state index in [4.69, 9.17) is 0 Å². The zero-order valence-corrected chi connectivity index (χ0v) is 34.8. The summed E-state index contributed by atoms with van der Waals surface area (Å²) >= 11 is 0. The van der Waals surface area contributed by atoms with E-state index in [1.165, 1.54) is 53.3 Å². The van der Waals surface area contributed by atoms with E-state index < -0.39 is 23.8 Å². The molecule has 0 atom stereocenters. The van der Waals surface area contributed by atoms with Gasteiger partial charge in [-0.1, -0.05) is 232 Å². The van der Waals surface area contributed by atoms with Crippen LogP contribution in [0.5, 0.6) is 0 Å². The Morgan fingerprint density at radius 3 is 0.889 bits per heavy atom. The largest absolute Gasteiger partial charge is 2.00 e.